The summed E-state index contributed by atoms with van der Waals surface area (Å²) in [4.78, 5) is 34.1. The van der Waals surface area contributed by atoms with Gasteiger partial charge < -0.3 is 9.73 Å². The van der Waals surface area contributed by atoms with E-state index in [0.717, 1.165) is 12.8 Å². The monoisotopic (exact) mass is 329 g/mol. The largest absolute Gasteiger partial charge is 0.444 e. The predicted molar refractivity (Wildman–Crippen MR) is 67.8 cm³/mol. The van der Waals surface area contributed by atoms with E-state index in [2.05, 4.69) is 32.1 Å². The summed E-state index contributed by atoms with van der Waals surface area (Å²) < 4.78 is 5.45. The number of hydrazine groups is 1. The Hall–Kier alpha value is -1.83. The minimum atomic E-state index is -0.507. The Balaban J connectivity index is 1.68. The van der Waals surface area contributed by atoms with Crippen molar-refractivity contribution in [3.63, 3.8) is 0 Å². The second-order valence-corrected chi connectivity index (χ2v) is 4.88. The van der Waals surface area contributed by atoms with Crippen molar-refractivity contribution in [3.05, 3.63) is 22.6 Å². The van der Waals surface area contributed by atoms with Gasteiger partial charge in [-0.1, -0.05) is 0 Å². The van der Waals surface area contributed by atoms with Gasteiger partial charge in [-0.3, -0.25) is 25.2 Å². The third-order valence-electron chi connectivity index (χ3n) is 2.48. The van der Waals surface area contributed by atoms with E-state index >= 15 is 0 Å². The van der Waals surface area contributed by atoms with Gasteiger partial charge in [0.05, 0.1) is 6.54 Å². The molecule has 0 unspecified atom stereocenters. The maximum Gasteiger partial charge on any atom is 0.287 e. The number of nitrogens with one attached hydrogen (secondary N) is 3. The number of hydrogen-bond acceptors (Lipinski definition) is 4. The first-order valence-electron chi connectivity index (χ1n) is 5.68. The van der Waals surface area contributed by atoms with Crippen LogP contribution in [0.5, 0.6) is 0 Å². The van der Waals surface area contributed by atoms with E-state index in [1.807, 2.05) is 0 Å². The average molecular weight is 330 g/mol. The molecule has 3 amide bonds. The standard InChI is InChI=1S/C11H12BrN3O4/c12-8-4-3-7(19-8)11(18)13-5-9(16)14-15-10(17)6-1-2-6/h3-4,6H,1-2,5H2,(H,13,18)(H,14,16)(H,15,17). The normalized spacial score (nSPS) is 13.7. The van der Waals surface area contributed by atoms with E-state index in [1.54, 1.807) is 6.07 Å². The van der Waals surface area contributed by atoms with Crippen LogP contribution in [0.3, 0.4) is 0 Å². The molecule has 3 N–H and O–H groups in total. The quantitative estimate of drug-likeness (QED) is 0.693. The topological polar surface area (TPSA) is 100 Å². The van der Waals surface area contributed by atoms with Gasteiger partial charge in [0.2, 0.25) is 5.91 Å². The van der Waals surface area contributed by atoms with Crippen LogP contribution in [-0.4, -0.2) is 24.3 Å². The van der Waals surface area contributed by atoms with Crippen LogP contribution < -0.4 is 16.2 Å². The molecule has 1 heterocycles. The first-order chi connectivity index (χ1) is 9.06. The molecule has 0 bridgehead atoms. The van der Waals surface area contributed by atoms with Crippen LogP contribution >= 0.6 is 15.9 Å². The van der Waals surface area contributed by atoms with Crippen LogP contribution in [0, 0.1) is 5.92 Å². The van der Waals surface area contributed by atoms with Gasteiger partial charge in [-0.25, -0.2) is 0 Å². The summed E-state index contributed by atoms with van der Waals surface area (Å²) in [6, 6.07) is 3.05. The third-order valence-corrected chi connectivity index (χ3v) is 2.91. The number of hydrogen-bond donors (Lipinski definition) is 3. The molecule has 102 valence electrons. The molecule has 8 heteroatoms. The van der Waals surface area contributed by atoms with Gasteiger partial charge in [-0.15, -0.1) is 0 Å². The van der Waals surface area contributed by atoms with Crippen molar-refractivity contribution in [3.8, 4) is 0 Å². The van der Waals surface area contributed by atoms with E-state index in [1.165, 1.54) is 6.07 Å². The first kappa shape index (κ1) is 13.6. The molecule has 19 heavy (non-hydrogen) atoms. The highest BCUT2D eigenvalue weighted by Crippen LogP contribution is 2.28. The minimum absolute atomic E-state index is 0.00959. The molecule has 1 aliphatic carbocycles. The third kappa shape index (κ3) is 4.09. The van der Waals surface area contributed by atoms with Crippen molar-refractivity contribution in [1.82, 2.24) is 16.2 Å². The second kappa shape index (κ2) is 5.87. The molecule has 0 atom stereocenters. The number of carbonyl (C=O) groups is 3. The average Bonchev–Trinajstić information content (AvgIpc) is 3.15. The minimum Gasteiger partial charge on any atom is -0.444 e. The van der Waals surface area contributed by atoms with Crippen molar-refractivity contribution >= 4 is 33.7 Å². The zero-order chi connectivity index (χ0) is 13.8. The Bertz CT molecular complexity index is 510. The van der Waals surface area contributed by atoms with E-state index in [0.29, 0.717) is 4.67 Å². The van der Waals surface area contributed by atoms with Crippen LogP contribution in [0.2, 0.25) is 0 Å². The lowest BCUT2D eigenvalue weighted by molar-refractivity contribution is -0.129. The molecule has 0 aromatic carbocycles. The fraction of sp³-hybridized carbons (Fsp3) is 0.364. The molecule has 1 fully saturated rings. The maximum atomic E-state index is 11.5. The van der Waals surface area contributed by atoms with E-state index < -0.39 is 11.8 Å². The molecule has 1 saturated carbocycles. The van der Waals surface area contributed by atoms with Crippen LogP contribution in [-0.2, 0) is 9.59 Å². The lowest BCUT2D eigenvalue weighted by Gasteiger charge is -2.07. The number of rotatable bonds is 4. The van der Waals surface area contributed by atoms with Gasteiger partial charge >= 0.3 is 0 Å². The van der Waals surface area contributed by atoms with E-state index in [-0.39, 0.29) is 24.1 Å². The van der Waals surface area contributed by atoms with Crippen molar-refractivity contribution in [2.75, 3.05) is 6.54 Å². The van der Waals surface area contributed by atoms with E-state index in [4.69, 9.17) is 4.42 Å². The fourth-order valence-electron chi connectivity index (χ4n) is 1.31. The smallest absolute Gasteiger partial charge is 0.287 e. The zero-order valence-electron chi connectivity index (χ0n) is 9.86. The summed E-state index contributed by atoms with van der Waals surface area (Å²) in [7, 11) is 0. The fourth-order valence-corrected chi connectivity index (χ4v) is 1.61. The first-order valence-corrected chi connectivity index (χ1v) is 6.48. The van der Waals surface area contributed by atoms with Gasteiger partial charge in [0.15, 0.2) is 10.4 Å². The van der Waals surface area contributed by atoms with Crippen LogP contribution in [0.4, 0.5) is 0 Å². The van der Waals surface area contributed by atoms with Crippen LogP contribution in [0.25, 0.3) is 0 Å². The second-order valence-electron chi connectivity index (χ2n) is 4.10. The van der Waals surface area contributed by atoms with Gasteiger partial charge in [-0.05, 0) is 40.9 Å². The molecule has 1 aromatic heterocycles. The number of furan rings is 1. The summed E-state index contributed by atoms with van der Waals surface area (Å²) in [5.41, 5.74) is 4.51. The molecule has 0 aliphatic heterocycles. The predicted octanol–water partition coefficient (Wildman–Crippen LogP) is 0.329. The molecule has 7 nitrogen and oxygen atoms in total. The SMILES string of the molecule is O=C(CNC(=O)c1ccc(Br)o1)NNC(=O)C1CC1. The lowest BCUT2D eigenvalue weighted by Crippen LogP contribution is -2.46. The molecule has 2 rings (SSSR count). The van der Waals surface area contributed by atoms with E-state index in [9.17, 15) is 14.4 Å². The van der Waals surface area contributed by atoms with Gasteiger partial charge in [0, 0.05) is 5.92 Å². The summed E-state index contributed by atoms with van der Waals surface area (Å²) in [5, 5.41) is 2.36. The van der Waals surface area contributed by atoms with Gasteiger partial charge in [0.1, 0.15) is 0 Å². The molecular weight excluding hydrogens is 318 g/mol. The summed E-state index contributed by atoms with van der Waals surface area (Å²) >= 11 is 3.07. The summed E-state index contributed by atoms with van der Waals surface area (Å²) in [6.07, 6.45) is 1.71. The summed E-state index contributed by atoms with van der Waals surface area (Å²) in [6.45, 7) is -0.248. The highest BCUT2D eigenvalue weighted by Gasteiger charge is 2.29. The van der Waals surface area contributed by atoms with Crippen molar-refractivity contribution in [2.24, 2.45) is 5.92 Å². The summed E-state index contributed by atoms with van der Waals surface area (Å²) in [5.74, 6) is -1.10. The highest BCUT2D eigenvalue weighted by molar-refractivity contribution is 9.10. The van der Waals surface area contributed by atoms with Crippen LogP contribution in [0.1, 0.15) is 23.4 Å². The van der Waals surface area contributed by atoms with Crippen molar-refractivity contribution in [2.45, 2.75) is 12.8 Å². The number of halogens is 1. The van der Waals surface area contributed by atoms with Gasteiger partial charge in [-0.2, -0.15) is 0 Å². The molecule has 1 aromatic rings. The molecular formula is C11H12BrN3O4. The van der Waals surface area contributed by atoms with Crippen molar-refractivity contribution in [1.29, 1.82) is 0 Å². The Labute approximate surface area is 117 Å². The number of amides is 3. The van der Waals surface area contributed by atoms with Crippen LogP contribution in [0.15, 0.2) is 21.2 Å². The Morgan fingerprint density at radius 2 is 2.00 bits per heavy atom. The van der Waals surface area contributed by atoms with Crippen molar-refractivity contribution < 1.29 is 18.8 Å². The lowest BCUT2D eigenvalue weighted by atomic mass is 10.4. The highest BCUT2D eigenvalue weighted by atomic mass is 79.9. The number of carbonyl (C=O) groups excluding carboxylic acids is 3. The van der Waals surface area contributed by atoms with Gasteiger partial charge in [0.25, 0.3) is 11.8 Å². The molecule has 0 radical (unpaired) electrons. The zero-order valence-corrected chi connectivity index (χ0v) is 11.5. The Morgan fingerprint density at radius 3 is 2.58 bits per heavy atom. The molecule has 0 saturated heterocycles. The Morgan fingerprint density at radius 1 is 1.26 bits per heavy atom. The Kier molecular flexibility index (Phi) is 4.20. The maximum absolute atomic E-state index is 11.5. The molecule has 0 spiro atoms. The molecule has 1 aliphatic rings.